The van der Waals surface area contributed by atoms with E-state index in [0.29, 0.717) is 10.6 Å². The zero-order valence-corrected chi connectivity index (χ0v) is 16.1. The molecule has 6 heteroatoms. The van der Waals surface area contributed by atoms with Crippen molar-refractivity contribution in [2.24, 2.45) is 5.92 Å². The zero-order chi connectivity index (χ0) is 19.0. The molecular weight excluding hydrogens is 366 g/mol. The number of hydrogen-bond donors (Lipinski definition) is 1. The van der Waals surface area contributed by atoms with Crippen molar-refractivity contribution >= 4 is 23.3 Å². The molecule has 142 valence electrons. The second kappa shape index (κ2) is 7.41. The lowest BCUT2D eigenvalue weighted by atomic mass is 9.77. The summed E-state index contributed by atoms with van der Waals surface area (Å²) in [5, 5.41) is 4.18. The van der Waals surface area contributed by atoms with E-state index in [2.05, 4.69) is 5.32 Å². The van der Waals surface area contributed by atoms with Crippen LogP contribution in [0.2, 0.25) is 5.02 Å². The molecule has 1 fully saturated rings. The summed E-state index contributed by atoms with van der Waals surface area (Å²) in [4.78, 5) is 11.8. The van der Waals surface area contributed by atoms with E-state index < -0.39 is 5.97 Å². The van der Waals surface area contributed by atoms with Gasteiger partial charge in [-0.1, -0.05) is 17.7 Å². The number of methoxy groups -OCH3 is 2. The highest BCUT2D eigenvalue weighted by molar-refractivity contribution is 6.31. The number of benzene rings is 2. The molecule has 2 heterocycles. The molecule has 0 saturated carbocycles. The van der Waals surface area contributed by atoms with Gasteiger partial charge in [0.1, 0.15) is 5.75 Å². The van der Waals surface area contributed by atoms with Crippen LogP contribution in [0.4, 0.5) is 5.69 Å². The van der Waals surface area contributed by atoms with Crippen molar-refractivity contribution in [1.82, 2.24) is 0 Å². The minimum absolute atomic E-state index is 0.00792. The van der Waals surface area contributed by atoms with Gasteiger partial charge in [0.2, 0.25) is 0 Å². The first kappa shape index (κ1) is 18.1. The van der Waals surface area contributed by atoms with Crippen LogP contribution in [-0.4, -0.2) is 26.8 Å². The monoisotopic (exact) mass is 387 g/mol. The Morgan fingerprint density at radius 2 is 2.04 bits per heavy atom. The average Bonchev–Trinajstić information content (AvgIpc) is 2.72. The molecule has 0 radical (unpaired) electrons. The molecular formula is C21H22ClNO4. The molecule has 3 atom stereocenters. The molecule has 1 N–H and O–H groups in total. The van der Waals surface area contributed by atoms with Gasteiger partial charge in [0, 0.05) is 28.8 Å². The highest BCUT2D eigenvalue weighted by atomic mass is 35.5. The summed E-state index contributed by atoms with van der Waals surface area (Å²) in [6, 6.07) is 11.4. The van der Waals surface area contributed by atoms with E-state index in [-0.39, 0.29) is 18.1 Å². The lowest BCUT2D eigenvalue weighted by molar-refractivity contribution is -0.0382. The van der Waals surface area contributed by atoms with Crippen molar-refractivity contribution in [2.75, 3.05) is 26.1 Å². The van der Waals surface area contributed by atoms with Crippen LogP contribution in [0.5, 0.6) is 5.75 Å². The van der Waals surface area contributed by atoms with Gasteiger partial charge in [-0.25, -0.2) is 4.79 Å². The molecule has 0 amide bonds. The number of anilines is 1. The average molecular weight is 388 g/mol. The second-order valence-electron chi connectivity index (χ2n) is 6.90. The third-order valence-corrected chi connectivity index (χ3v) is 5.76. The zero-order valence-electron chi connectivity index (χ0n) is 15.3. The van der Waals surface area contributed by atoms with Crippen molar-refractivity contribution in [3.05, 3.63) is 58.1 Å². The van der Waals surface area contributed by atoms with Crippen LogP contribution in [-0.2, 0) is 9.47 Å². The van der Waals surface area contributed by atoms with Crippen LogP contribution in [0.3, 0.4) is 0 Å². The van der Waals surface area contributed by atoms with Gasteiger partial charge in [0.15, 0.2) is 0 Å². The normalized spacial score (nSPS) is 23.6. The number of ether oxygens (including phenoxy) is 3. The van der Waals surface area contributed by atoms with E-state index in [1.54, 1.807) is 19.2 Å². The molecule has 2 aliphatic rings. The largest absolute Gasteiger partial charge is 0.497 e. The van der Waals surface area contributed by atoms with Gasteiger partial charge < -0.3 is 19.5 Å². The predicted octanol–water partition coefficient (Wildman–Crippen LogP) is 4.77. The minimum Gasteiger partial charge on any atom is -0.497 e. The van der Waals surface area contributed by atoms with E-state index in [1.165, 1.54) is 7.11 Å². The Hall–Kier alpha value is -2.24. The Bertz CT molecular complexity index is 869. The molecule has 2 aromatic carbocycles. The molecule has 0 spiro atoms. The number of fused-ring (bicyclic) bond motifs is 3. The fourth-order valence-corrected chi connectivity index (χ4v) is 4.41. The number of halogens is 1. The van der Waals surface area contributed by atoms with Crippen LogP contribution in [0.15, 0.2) is 36.4 Å². The molecule has 4 rings (SSSR count). The smallest absolute Gasteiger partial charge is 0.337 e. The topological polar surface area (TPSA) is 56.8 Å². The van der Waals surface area contributed by atoms with Gasteiger partial charge in [-0.15, -0.1) is 0 Å². The fraction of sp³-hybridized carbons (Fsp3) is 0.381. The first-order chi connectivity index (χ1) is 13.1. The Balaban J connectivity index is 1.74. The Morgan fingerprint density at radius 3 is 2.78 bits per heavy atom. The van der Waals surface area contributed by atoms with Crippen molar-refractivity contribution < 1.29 is 19.0 Å². The Kier molecular flexibility index (Phi) is 4.98. The van der Waals surface area contributed by atoms with Crippen molar-refractivity contribution in [1.29, 1.82) is 0 Å². The van der Waals surface area contributed by atoms with E-state index in [4.69, 9.17) is 25.8 Å². The predicted molar refractivity (Wildman–Crippen MR) is 104 cm³/mol. The number of carbonyl (C=O) groups excluding carboxylic acids is 1. The number of nitrogens with one attached hydrogen (secondary N) is 1. The molecule has 0 aromatic heterocycles. The number of carbonyl (C=O) groups is 1. The lowest BCUT2D eigenvalue weighted by Crippen LogP contribution is -2.36. The van der Waals surface area contributed by atoms with E-state index in [0.717, 1.165) is 42.0 Å². The standard InChI is InChI=1S/C21H22ClNO4/c1-25-13-6-8-18-16(11-13)20-15(4-3-9-27-20)19(23-18)14-7-5-12(10-17(14)22)21(24)26-2/h5-8,10-11,15,19-20,23H,3-4,9H2,1-2H3/t15-,19-,20-/m1/s1. The van der Waals surface area contributed by atoms with Gasteiger partial charge in [-0.05, 0) is 48.7 Å². The summed E-state index contributed by atoms with van der Waals surface area (Å²) in [5.74, 6) is 0.679. The third kappa shape index (κ3) is 3.26. The first-order valence-electron chi connectivity index (χ1n) is 9.06. The van der Waals surface area contributed by atoms with Crippen molar-refractivity contribution in [3.63, 3.8) is 0 Å². The van der Waals surface area contributed by atoms with Gasteiger partial charge in [0.05, 0.1) is 31.9 Å². The van der Waals surface area contributed by atoms with Gasteiger partial charge >= 0.3 is 5.97 Å². The van der Waals surface area contributed by atoms with Gasteiger partial charge in [0.25, 0.3) is 0 Å². The molecule has 2 aromatic rings. The highest BCUT2D eigenvalue weighted by Crippen LogP contribution is 2.50. The van der Waals surface area contributed by atoms with Gasteiger partial charge in [-0.2, -0.15) is 0 Å². The van der Waals surface area contributed by atoms with Crippen molar-refractivity contribution in [3.8, 4) is 5.75 Å². The summed E-state index contributed by atoms with van der Waals surface area (Å²) >= 11 is 6.56. The molecule has 1 saturated heterocycles. The quantitative estimate of drug-likeness (QED) is 0.769. The van der Waals surface area contributed by atoms with Crippen LogP contribution < -0.4 is 10.1 Å². The summed E-state index contributed by atoms with van der Waals surface area (Å²) in [7, 11) is 3.03. The second-order valence-corrected chi connectivity index (χ2v) is 7.31. The maximum Gasteiger partial charge on any atom is 0.337 e. The minimum atomic E-state index is -0.392. The molecule has 5 nitrogen and oxygen atoms in total. The van der Waals surface area contributed by atoms with Gasteiger partial charge in [-0.3, -0.25) is 0 Å². The van der Waals surface area contributed by atoms with Crippen LogP contribution in [0.25, 0.3) is 0 Å². The third-order valence-electron chi connectivity index (χ3n) is 5.43. The molecule has 0 aliphatic carbocycles. The number of rotatable bonds is 3. The molecule has 0 unspecified atom stereocenters. The maximum atomic E-state index is 11.8. The Morgan fingerprint density at radius 1 is 1.19 bits per heavy atom. The van der Waals surface area contributed by atoms with Crippen molar-refractivity contribution in [2.45, 2.75) is 25.0 Å². The molecule has 27 heavy (non-hydrogen) atoms. The Labute approximate surface area is 163 Å². The SMILES string of the molecule is COC(=O)c1ccc([C@H]2Nc3ccc(OC)cc3[C@@H]3OCCC[C@H]23)c(Cl)c1. The van der Waals surface area contributed by atoms with E-state index in [9.17, 15) is 4.79 Å². The van der Waals surface area contributed by atoms with Crippen LogP contribution >= 0.6 is 11.6 Å². The maximum absolute atomic E-state index is 11.8. The number of hydrogen-bond acceptors (Lipinski definition) is 5. The van der Waals surface area contributed by atoms with E-state index >= 15 is 0 Å². The summed E-state index contributed by atoms with van der Waals surface area (Å²) in [6.07, 6.45) is 2.04. The molecule has 0 bridgehead atoms. The summed E-state index contributed by atoms with van der Waals surface area (Å²) in [5.41, 5.74) is 3.56. The fourth-order valence-electron chi connectivity index (χ4n) is 4.11. The van der Waals surface area contributed by atoms with Crippen LogP contribution in [0.1, 0.15) is 46.5 Å². The highest BCUT2D eigenvalue weighted by Gasteiger charge is 2.40. The summed E-state index contributed by atoms with van der Waals surface area (Å²) < 4.78 is 16.3. The lowest BCUT2D eigenvalue weighted by Gasteiger charge is -2.43. The first-order valence-corrected chi connectivity index (χ1v) is 9.44. The van der Waals surface area contributed by atoms with Crippen LogP contribution in [0, 0.1) is 5.92 Å². The number of esters is 1. The summed E-state index contributed by atoms with van der Waals surface area (Å²) in [6.45, 7) is 0.750. The molecule has 2 aliphatic heterocycles. The van der Waals surface area contributed by atoms with E-state index in [1.807, 2.05) is 24.3 Å².